The van der Waals surface area contributed by atoms with Gasteiger partial charge in [-0.15, -0.1) is 0 Å². The second-order valence-corrected chi connectivity index (χ2v) is 7.43. The normalized spacial score (nSPS) is 15.6. The molecule has 0 spiro atoms. The lowest BCUT2D eigenvalue weighted by atomic mass is 10.0. The molecule has 0 bridgehead atoms. The number of carbonyl (C=O) groups is 1. The van der Waals surface area contributed by atoms with Crippen molar-refractivity contribution in [3.63, 3.8) is 0 Å². The number of nitrogens with zero attached hydrogens (tertiary/aromatic N) is 1. The molecule has 1 saturated heterocycles. The van der Waals surface area contributed by atoms with Gasteiger partial charge in [0.05, 0.1) is 7.11 Å². The van der Waals surface area contributed by atoms with E-state index in [1.165, 1.54) is 16.5 Å². The minimum atomic E-state index is -0.0175. The number of benzene rings is 2. The number of rotatable bonds is 6. The third kappa shape index (κ3) is 4.20. The molecule has 0 aliphatic carbocycles. The van der Waals surface area contributed by atoms with E-state index < -0.39 is 0 Å². The van der Waals surface area contributed by atoms with Crippen LogP contribution in [0.25, 0.3) is 10.9 Å². The van der Waals surface area contributed by atoms with Gasteiger partial charge >= 0.3 is 0 Å². The number of amides is 1. The standard InChI is InChI=1S/C23H27N3O2/c1-28-20-6-4-5-17(15-20)23(27)25-19-10-13-26(14-11-19)12-9-18-16-24-22-8-3-2-7-21(18)22/h2-8,15-16,19,24H,9-14H2,1H3,(H,25,27). The number of piperidine rings is 1. The maximum atomic E-state index is 12.5. The Morgan fingerprint density at radius 2 is 2.00 bits per heavy atom. The van der Waals surface area contributed by atoms with Crippen LogP contribution in [-0.2, 0) is 6.42 Å². The number of aromatic nitrogens is 1. The molecule has 146 valence electrons. The van der Waals surface area contributed by atoms with Gasteiger partial charge in [0.2, 0.25) is 0 Å². The zero-order valence-corrected chi connectivity index (χ0v) is 16.3. The lowest BCUT2D eigenvalue weighted by molar-refractivity contribution is 0.0911. The van der Waals surface area contributed by atoms with Gasteiger partial charge in [-0.1, -0.05) is 24.3 Å². The second-order valence-electron chi connectivity index (χ2n) is 7.43. The molecule has 1 aromatic heterocycles. The number of H-pyrrole nitrogens is 1. The van der Waals surface area contributed by atoms with Crippen LogP contribution in [0.2, 0.25) is 0 Å². The highest BCUT2D eigenvalue weighted by Crippen LogP contribution is 2.19. The Morgan fingerprint density at radius 3 is 2.82 bits per heavy atom. The van der Waals surface area contributed by atoms with Crippen molar-refractivity contribution in [1.82, 2.24) is 15.2 Å². The van der Waals surface area contributed by atoms with Gasteiger partial charge in [0.15, 0.2) is 0 Å². The van der Waals surface area contributed by atoms with Gasteiger partial charge < -0.3 is 19.9 Å². The fraction of sp³-hybridized carbons (Fsp3) is 0.348. The average Bonchev–Trinajstić information content (AvgIpc) is 3.16. The van der Waals surface area contributed by atoms with Crippen molar-refractivity contribution in [2.24, 2.45) is 0 Å². The van der Waals surface area contributed by atoms with Crippen molar-refractivity contribution in [3.8, 4) is 5.75 Å². The van der Waals surface area contributed by atoms with Gasteiger partial charge in [-0.2, -0.15) is 0 Å². The molecule has 1 amide bonds. The summed E-state index contributed by atoms with van der Waals surface area (Å²) in [5.41, 5.74) is 3.24. The van der Waals surface area contributed by atoms with E-state index in [2.05, 4.69) is 45.7 Å². The number of methoxy groups -OCH3 is 1. The summed E-state index contributed by atoms with van der Waals surface area (Å²) in [5.74, 6) is 0.691. The van der Waals surface area contributed by atoms with Crippen molar-refractivity contribution in [1.29, 1.82) is 0 Å². The lowest BCUT2D eigenvalue weighted by Gasteiger charge is -2.32. The largest absolute Gasteiger partial charge is 0.497 e. The van der Waals surface area contributed by atoms with Crippen molar-refractivity contribution in [2.45, 2.75) is 25.3 Å². The van der Waals surface area contributed by atoms with Crippen molar-refractivity contribution >= 4 is 16.8 Å². The highest BCUT2D eigenvalue weighted by molar-refractivity contribution is 5.94. The third-order valence-electron chi connectivity index (χ3n) is 5.63. The molecule has 28 heavy (non-hydrogen) atoms. The molecule has 1 fully saturated rings. The molecule has 1 aliphatic heterocycles. The van der Waals surface area contributed by atoms with E-state index in [0.29, 0.717) is 11.3 Å². The zero-order chi connectivity index (χ0) is 19.3. The molecule has 2 heterocycles. The summed E-state index contributed by atoms with van der Waals surface area (Å²) >= 11 is 0. The zero-order valence-electron chi connectivity index (χ0n) is 16.3. The highest BCUT2D eigenvalue weighted by Gasteiger charge is 2.21. The Morgan fingerprint density at radius 1 is 1.18 bits per heavy atom. The summed E-state index contributed by atoms with van der Waals surface area (Å²) < 4.78 is 5.20. The summed E-state index contributed by atoms with van der Waals surface area (Å²) in [4.78, 5) is 18.3. The van der Waals surface area contributed by atoms with Gasteiger partial charge in [0.1, 0.15) is 5.75 Å². The highest BCUT2D eigenvalue weighted by atomic mass is 16.5. The van der Waals surface area contributed by atoms with Crippen molar-refractivity contribution < 1.29 is 9.53 Å². The molecule has 0 atom stereocenters. The first-order valence-corrected chi connectivity index (χ1v) is 9.95. The number of nitrogens with one attached hydrogen (secondary N) is 2. The Bertz CT molecular complexity index is 942. The molecule has 5 nitrogen and oxygen atoms in total. The van der Waals surface area contributed by atoms with Gasteiger partial charge in [0, 0.05) is 48.3 Å². The van der Waals surface area contributed by atoms with Gasteiger partial charge in [0.25, 0.3) is 5.91 Å². The quantitative estimate of drug-likeness (QED) is 0.690. The predicted molar refractivity (Wildman–Crippen MR) is 112 cm³/mol. The maximum Gasteiger partial charge on any atom is 0.251 e. The number of fused-ring (bicyclic) bond motifs is 1. The van der Waals surface area contributed by atoms with E-state index in [9.17, 15) is 4.79 Å². The van der Waals surface area contributed by atoms with Crippen LogP contribution in [0, 0.1) is 0 Å². The molecular weight excluding hydrogens is 350 g/mol. The summed E-state index contributed by atoms with van der Waals surface area (Å²) in [6.07, 6.45) is 5.16. The van der Waals surface area contributed by atoms with Crippen LogP contribution in [0.4, 0.5) is 0 Å². The Kier molecular flexibility index (Phi) is 5.63. The van der Waals surface area contributed by atoms with Crippen LogP contribution in [0.3, 0.4) is 0 Å². The van der Waals surface area contributed by atoms with Crippen LogP contribution < -0.4 is 10.1 Å². The molecule has 0 unspecified atom stereocenters. The number of likely N-dealkylation sites (tertiary alicyclic amines) is 1. The number of para-hydroxylation sites is 1. The molecular formula is C23H27N3O2. The first kappa shape index (κ1) is 18.6. The molecule has 0 saturated carbocycles. The minimum absolute atomic E-state index is 0.0175. The van der Waals surface area contributed by atoms with E-state index in [1.54, 1.807) is 13.2 Å². The Balaban J connectivity index is 1.26. The van der Waals surface area contributed by atoms with E-state index in [1.807, 2.05) is 18.2 Å². The topological polar surface area (TPSA) is 57.4 Å². The maximum absolute atomic E-state index is 12.5. The van der Waals surface area contributed by atoms with E-state index in [0.717, 1.165) is 38.9 Å². The lowest BCUT2D eigenvalue weighted by Crippen LogP contribution is -2.45. The smallest absolute Gasteiger partial charge is 0.251 e. The molecule has 3 aromatic rings. The monoisotopic (exact) mass is 377 g/mol. The number of aromatic amines is 1. The van der Waals surface area contributed by atoms with Gasteiger partial charge in [-0.3, -0.25) is 4.79 Å². The number of hydrogen-bond donors (Lipinski definition) is 2. The first-order chi connectivity index (χ1) is 13.7. The van der Waals surface area contributed by atoms with Crippen molar-refractivity contribution in [2.75, 3.05) is 26.7 Å². The Labute approximate surface area is 165 Å². The molecule has 5 heteroatoms. The number of carbonyl (C=O) groups excluding carboxylic acids is 1. The van der Waals surface area contributed by atoms with Gasteiger partial charge in [-0.05, 0) is 49.1 Å². The van der Waals surface area contributed by atoms with E-state index in [-0.39, 0.29) is 11.9 Å². The molecule has 1 aliphatic rings. The van der Waals surface area contributed by atoms with Crippen LogP contribution in [0.1, 0.15) is 28.8 Å². The molecule has 0 radical (unpaired) electrons. The van der Waals surface area contributed by atoms with Crippen LogP contribution in [0.15, 0.2) is 54.7 Å². The predicted octanol–water partition coefficient (Wildman–Crippen LogP) is 3.61. The summed E-state index contributed by atoms with van der Waals surface area (Å²) in [6.45, 7) is 3.09. The molecule has 2 aromatic carbocycles. The molecule has 4 rings (SSSR count). The third-order valence-corrected chi connectivity index (χ3v) is 5.63. The van der Waals surface area contributed by atoms with Crippen molar-refractivity contribution in [3.05, 3.63) is 65.9 Å². The van der Waals surface area contributed by atoms with Crippen LogP contribution in [-0.4, -0.2) is 48.6 Å². The summed E-state index contributed by atoms with van der Waals surface area (Å²) in [5, 5.41) is 4.50. The van der Waals surface area contributed by atoms with E-state index >= 15 is 0 Å². The number of ether oxygens (including phenoxy) is 1. The van der Waals surface area contributed by atoms with Crippen LogP contribution >= 0.6 is 0 Å². The fourth-order valence-electron chi connectivity index (χ4n) is 3.95. The summed E-state index contributed by atoms with van der Waals surface area (Å²) in [7, 11) is 1.61. The number of hydrogen-bond acceptors (Lipinski definition) is 3. The SMILES string of the molecule is COc1cccc(C(=O)NC2CCN(CCc3c[nH]c4ccccc34)CC2)c1. The minimum Gasteiger partial charge on any atom is -0.497 e. The first-order valence-electron chi connectivity index (χ1n) is 9.95. The molecule has 2 N–H and O–H groups in total. The van der Waals surface area contributed by atoms with E-state index in [4.69, 9.17) is 4.74 Å². The fourth-order valence-corrected chi connectivity index (χ4v) is 3.95. The van der Waals surface area contributed by atoms with Gasteiger partial charge in [-0.25, -0.2) is 0 Å². The second kappa shape index (κ2) is 8.48. The summed E-state index contributed by atoms with van der Waals surface area (Å²) in [6, 6.07) is 16.0. The Hall–Kier alpha value is -2.79. The average molecular weight is 377 g/mol. The van der Waals surface area contributed by atoms with Crippen LogP contribution in [0.5, 0.6) is 5.75 Å².